The van der Waals surface area contributed by atoms with Crippen molar-refractivity contribution in [3.63, 3.8) is 0 Å². The molecule has 0 spiro atoms. The third-order valence-corrected chi connectivity index (χ3v) is 3.14. The summed E-state index contributed by atoms with van der Waals surface area (Å²) in [5.41, 5.74) is 0.985. The minimum atomic E-state index is 0.703. The SMILES string of the molecule is CNc1nc(-c2cccc(Br)c2)ncc1Br. The first-order chi connectivity index (χ1) is 7.70. The van der Waals surface area contributed by atoms with Crippen LogP contribution in [-0.4, -0.2) is 17.0 Å². The van der Waals surface area contributed by atoms with Gasteiger partial charge in [0.2, 0.25) is 0 Å². The van der Waals surface area contributed by atoms with E-state index in [0.29, 0.717) is 5.82 Å². The van der Waals surface area contributed by atoms with Crippen molar-refractivity contribution in [2.24, 2.45) is 0 Å². The molecule has 0 aliphatic heterocycles. The summed E-state index contributed by atoms with van der Waals surface area (Å²) in [6.07, 6.45) is 1.75. The van der Waals surface area contributed by atoms with Crippen LogP contribution in [0.25, 0.3) is 11.4 Å². The van der Waals surface area contributed by atoms with Gasteiger partial charge in [0.05, 0.1) is 4.47 Å². The van der Waals surface area contributed by atoms with Crippen molar-refractivity contribution in [2.45, 2.75) is 0 Å². The van der Waals surface area contributed by atoms with Crippen molar-refractivity contribution < 1.29 is 0 Å². The summed E-state index contributed by atoms with van der Waals surface area (Å²) in [6.45, 7) is 0. The molecule has 0 saturated carbocycles. The van der Waals surface area contributed by atoms with Gasteiger partial charge in [-0.1, -0.05) is 28.1 Å². The van der Waals surface area contributed by atoms with Crippen LogP contribution in [0.2, 0.25) is 0 Å². The van der Waals surface area contributed by atoms with Gasteiger partial charge in [0.15, 0.2) is 5.82 Å². The van der Waals surface area contributed by atoms with Crippen LogP contribution in [0.5, 0.6) is 0 Å². The van der Waals surface area contributed by atoms with Gasteiger partial charge < -0.3 is 5.32 Å². The van der Waals surface area contributed by atoms with Crippen LogP contribution in [0.15, 0.2) is 39.4 Å². The Balaban J connectivity index is 2.48. The predicted octanol–water partition coefficient (Wildman–Crippen LogP) is 3.71. The maximum Gasteiger partial charge on any atom is 0.161 e. The van der Waals surface area contributed by atoms with Crippen molar-refractivity contribution in [1.82, 2.24) is 9.97 Å². The smallest absolute Gasteiger partial charge is 0.161 e. The van der Waals surface area contributed by atoms with E-state index in [2.05, 4.69) is 47.1 Å². The molecule has 82 valence electrons. The molecule has 5 heteroatoms. The molecule has 1 aromatic carbocycles. The molecule has 2 aromatic rings. The highest BCUT2D eigenvalue weighted by atomic mass is 79.9. The molecule has 0 bridgehead atoms. The van der Waals surface area contributed by atoms with Crippen LogP contribution in [0.3, 0.4) is 0 Å². The van der Waals surface area contributed by atoms with E-state index in [1.165, 1.54) is 0 Å². The van der Waals surface area contributed by atoms with Gasteiger partial charge >= 0.3 is 0 Å². The molecular formula is C11H9Br2N3. The zero-order chi connectivity index (χ0) is 11.5. The molecule has 3 nitrogen and oxygen atoms in total. The molecule has 16 heavy (non-hydrogen) atoms. The van der Waals surface area contributed by atoms with Crippen LogP contribution < -0.4 is 5.32 Å². The van der Waals surface area contributed by atoms with Crippen LogP contribution in [-0.2, 0) is 0 Å². The minimum Gasteiger partial charge on any atom is -0.372 e. The molecule has 0 saturated heterocycles. The number of halogens is 2. The lowest BCUT2D eigenvalue weighted by molar-refractivity contribution is 1.15. The van der Waals surface area contributed by atoms with Gasteiger partial charge in [0, 0.05) is 23.3 Å². The highest BCUT2D eigenvalue weighted by Gasteiger charge is 2.05. The van der Waals surface area contributed by atoms with Crippen molar-refractivity contribution in [2.75, 3.05) is 12.4 Å². The Morgan fingerprint density at radius 1 is 1.25 bits per heavy atom. The Morgan fingerprint density at radius 2 is 2.06 bits per heavy atom. The fourth-order valence-electron chi connectivity index (χ4n) is 1.31. The molecule has 1 N–H and O–H groups in total. The lowest BCUT2D eigenvalue weighted by atomic mass is 10.2. The summed E-state index contributed by atoms with van der Waals surface area (Å²) in [5, 5.41) is 3.01. The Hall–Kier alpha value is -0.940. The van der Waals surface area contributed by atoms with E-state index in [9.17, 15) is 0 Å². The Bertz CT molecular complexity index is 514. The fourth-order valence-corrected chi connectivity index (χ4v) is 2.10. The van der Waals surface area contributed by atoms with Crippen LogP contribution >= 0.6 is 31.9 Å². The number of benzene rings is 1. The molecule has 0 aliphatic rings. The van der Waals surface area contributed by atoms with Gasteiger partial charge in [-0.05, 0) is 28.1 Å². The van der Waals surface area contributed by atoms with Gasteiger partial charge in [-0.15, -0.1) is 0 Å². The Labute approximate surface area is 111 Å². The van der Waals surface area contributed by atoms with Gasteiger partial charge in [-0.25, -0.2) is 9.97 Å². The third kappa shape index (κ3) is 2.41. The maximum atomic E-state index is 4.41. The first-order valence-corrected chi connectivity index (χ1v) is 6.25. The zero-order valence-corrected chi connectivity index (χ0v) is 11.7. The average molecular weight is 343 g/mol. The summed E-state index contributed by atoms with van der Waals surface area (Å²) < 4.78 is 1.87. The average Bonchev–Trinajstić information content (AvgIpc) is 2.29. The van der Waals surface area contributed by atoms with E-state index in [1.807, 2.05) is 31.3 Å². The molecule has 1 aromatic heterocycles. The summed E-state index contributed by atoms with van der Waals surface area (Å²) in [6, 6.07) is 7.90. The fraction of sp³-hybridized carbons (Fsp3) is 0.0909. The topological polar surface area (TPSA) is 37.8 Å². The monoisotopic (exact) mass is 341 g/mol. The molecular weight excluding hydrogens is 334 g/mol. The molecule has 0 fully saturated rings. The Kier molecular flexibility index (Phi) is 3.56. The summed E-state index contributed by atoms with van der Waals surface area (Å²) in [5.74, 6) is 1.49. The number of nitrogens with zero attached hydrogens (tertiary/aromatic N) is 2. The standard InChI is InChI=1S/C11H9Br2N3/c1-14-11-9(13)6-15-10(16-11)7-3-2-4-8(12)5-7/h2-6H,1H3,(H,14,15,16). The maximum absolute atomic E-state index is 4.41. The second-order valence-electron chi connectivity index (χ2n) is 3.15. The first kappa shape index (κ1) is 11.5. The lowest BCUT2D eigenvalue weighted by Crippen LogP contribution is -1.97. The number of aromatic nitrogens is 2. The highest BCUT2D eigenvalue weighted by molar-refractivity contribution is 9.10. The number of hydrogen-bond donors (Lipinski definition) is 1. The summed E-state index contributed by atoms with van der Waals surface area (Å²) >= 11 is 6.81. The van der Waals surface area contributed by atoms with E-state index in [4.69, 9.17) is 0 Å². The van der Waals surface area contributed by atoms with E-state index in [0.717, 1.165) is 20.3 Å². The lowest BCUT2D eigenvalue weighted by Gasteiger charge is -2.05. The molecule has 0 radical (unpaired) electrons. The quantitative estimate of drug-likeness (QED) is 0.904. The number of nitrogens with one attached hydrogen (secondary N) is 1. The zero-order valence-electron chi connectivity index (χ0n) is 8.54. The third-order valence-electron chi connectivity index (χ3n) is 2.06. The second-order valence-corrected chi connectivity index (χ2v) is 4.92. The van der Waals surface area contributed by atoms with Crippen LogP contribution in [0, 0.1) is 0 Å². The van der Waals surface area contributed by atoms with Crippen molar-refractivity contribution in [3.05, 3.63) is 39.4 Å². The first-order valence-electron chi connectivity index (χ1n) is 4.67. The summed E-state index contributed by atoms with van der Waals surface area (Å²) in [4.78, 5) is 8.69. The predicted molar refractivity (Wildman–Crippen MR) is 72.4 cm³/mol. The van der Waals surface area contributed by atoms with E-state index < -0.39 is 0 Å². The highest BCUT2D eigenvalue weighted by Crippen LogP contribution is 2.24. The number of anilines is 1. The summed E-state index contributed by atoms with van der Waals surface area (Å²) in [7, 11) is 1.83. The van der Waals surface area contributed by atoms with E-state index >= 15 is 0 Å². The van der Waals surface area contributed by atoms with Gasteiger partial charge in [0.25, 0.3) is 0 Å². The molecule has 2 rings (SSSR count). The molecule has 0 aliphatic carbocycles. The van der Waals surface area contributed by atoms with Crippen molar-refractivity contribution in [3.8, 4) is 11.4 Å². The number of hydrogen-bond acceptors (Lipinski definition) is 3. The van der Waals surface area contributed by atoms with Crippen LogP contribution in [0.4, 0.5) is 5.82 Å². The number of rotatable bonds is 2. The molecule has 0 unspecified atom stereocenters. The molecule has 1 heterocycles. The molecule has 0 amide bonds. The van der Waals surface area contributed by atoms with Crippen molar-refractivity contribution in [1.29, 1.82) is 0 Å². The van der Waals surface area contributed by atoms with Gasteiger partial charge in [-0.3, -0.25) is 0 Å². The minimum absolute atomic E-state index is 0.703. The van der Waals surface area contributed by atoms with Gasteiger partial charge in [0.1, 0.15) is 5.82 Å². The van der Waals surface area contributed by atoms with E-state index in [-0.39, 0.29) is 0 Å². The molecule has 0 atom stereocenters. The van der Waals surface area contributed by atoms with Crippen LogP contribution in [0.1, 0.15) is 0 Å². The largest absolute Gasteiger partial charge is 0.372 e. The van der Waals surface area contributed by atoms with E-state index in [1.54, 1.807) is 6.20 Å². The Morgan fingerprint density at radius 3 is 2.75 bits per heavy atom. The second kappa shape index (κ2) is 4.93. The van der Waals surface area contributed by atoms with Crippen molar-refractivity contribution >= 4 is 37.7 Å². The normalized spacial score (nSPS) is 10.2. The van der Waals surface area contributed by atoms with Gasteiger partial charge in [-0.2, -0.15) is 0 Å².